The number of halogens is 1. The molecular weight excluding hydrogens is 316 g/mol. The predicted molar refractivity (Wildman–Crippen MR) is 83.9 cm³/mol. The molecule has 3 rings (SSSR count). The van der Waals surface area contributed by atoms with Gasteiger partial charge in [-0.25, -0.2) is 0 Å². The van der Waals surface area contributed by atoms with Crippen LogP contribution in [0, 0.1) is 0 Å². The van der Waals surface area contributed by atoms with Crippen molar-refractivity contribution in [3.63, 3.8) is 0 Å². The van der Waals surface area contributed by atoms with Crippen molar-refractivity contribution in [2.75, 3.05) is 0 Å². The maximum Gasteiger partial charge on any atom is 0.130 e. The molecule has 100 valence electrons. The molecule has 0 atom stereocenters. The number of pyridine rings is 1. The number of hydrogen-bond donors (Lipinski definition) is 1. The Kier molecular flexibility index (Phi) is 3.67. The minimum absolute atomic E-state index is 0.406. The highest BCUT2D eigenvalue weighted by Crippen LogP contribution is 2.27. The van der Waals surface area contributed by atoms with Gasteiger partial charge >= 0.3 is 0 Å². The van der Waals surface area contributed by atoms with Crippen molar-refractivity contribution in [2.24, 2.45) is 5.73 Å². The second kappa shape index (κ2) is 5.61. The van der Waals surface area contributed by atoms with Gasteiger partial charge in [-0.2, -0.15) is 0 Å². The Morgan fingerprint density at radius 1 is 0.950 bits per heavy atom. The lowest BCUT2D eigenvalue weighted by molar-refractivity contribution is 0.481. The Labute approximate surface area is 125 Å². The van der Waals surface area contributed by atoms with Crippen LogP contribution in [-0.2, 0) is 6.54 Å². The van der Waals surface area contributed by atoms with Crippen molar-refractivity contribution in [1.29, 1.82) is 0 Å². The summed E-state index contributed by atoms with van der Waals surface area (Å²) >= 11 is 3.47. The molecule has 0 aliphatic heterocycles. The number of aromatic nitrogens is 1. The van der Waals surface area contributed by atoms with Crippen LogP contribution in [0.4, 0.5) is 0 Å². The Hall–Kier alpha value is -1.91. The molecule has 2 aromatic carbocycles. The van der Waals surface area contributed by atoms with Crippen LogP contribution < -0.4 is 10.5 Å². The molecule has 0 spiro atoms. The molecule has 0 saturated carbocycles. The van der Waals surface area contributed by atoms with E-state index in [0.29, 0.717) is 6.54 Å². The van der Waals surface area contributed by atoms with Gasteiger partial charge < -0.3 is 10.5 Å². The lowest BCUT2D eigenvalue weighted by Gasteiger charge is -2.08. The molecule has 0 aliphatic carbocycles. The van der Waals surface area contributed by atoms with Crippen LogP contribution in [0.15, 0.2) is 59.2 Å². The molecule has 0 fully saturated rings. The van der Waals surface area contributed by atoms with E-state index in [2.05, 4.69) is 33.0 Å². The van der Waals surface area contributed by atoms with Crippen LogP contribution in [0.1, 0.15) is 5.69 Å². The molecular formula is C16H13BrN2O. The van der Waals surface area contributed by atoms with E-state index in [4.69, 9.17) is 10.5 Å². The molecule has 0 amide bonds. The molecule has 0 saturated heterocycles. The number of fused-ring (bicyclic) bond motifs is 1. The van der Waals surface area contributed by atoms with Crippen molar-refractivity contribution in [2.45, 2.75) is 6.54 Å². The van der Waals surface area contributed by atoms with Crippen LogP contribution >= 0.6 is 15.9 Å². The van der Waals surface area contributed by atoms with Gasteiger partial charge in [0.1, 0.15) is 11.5 Å². The van der Waals surface area contributed by atoms with Gasteiger partial charge in [-0.05, 0) is 41.1 Å². The first kappa shape index (κ1) is 13.1. The van der Waals surface area contributed by atoms with Gasteiger partial charge in [0.05, 0.1) is 5.69 Å². The van der Waals surface area contributed by atoms with E-state index in [9.17, 15) is 0 Å². The summed E-state index contributed by atoms with van der Waals surface area (Å²) < 4.78 is 6.92. The van der Waals surface area contributed by atoms with Crippen LogP contribution in [-0.4, -0.2) is 4.98 Å². The normalized spacial score (nSPS) is 10.7. The zero-order valence-electron chi connectivity index (χ0n) is 10.7. The second-order valence-electron chi connectivity index (χ2n) is 4.44. The van der Waals surface area contributed by atoms with E-state index >= 15 is 0 Å². The molecule has 0 aliphatic rings. The van der Waals surface area contributed by atoms with Crippen molar-refractivity contribution in [3.8, 4) is 11.5 Å². The predicted octanol–water partition coefficient (Wildman–Crippen LogP) is 4.25. The number of nitrogens with zero attached hydrogens (tertiary/aromatic N) is 1. The van der Waals surface area contributed by atoms with E-state index in [1.807, 2.05) is 36.4 Å². The van der Waals surface area contributed by atoms with E-state index < -0.39 is 0 Å². The van der Waals surface area contributed by atoms with Gasteiger partial charge in [-0.1, -0.05) is 28.1 Å². The van der Waals surface area contributed by atoms with Crippen molar-refractivity contribution < 1.29 is 4.74 Å². The Morgan fingerprint density at radius 3 is 2.55 bits per heavy atom. The third kappa shape index (κ3) is 2.81. The third-order valence-electron chi connectivity index (χ3n) is 3.01. The summed E-state index contributed by atoms with van der Waals surface area (Å²) in [5, 5.41) is 2.31. The first-order valence-electron chi connectivity index (χ1n) is 6.27. The van der Waals surface area contributed by atoms with Crippen LogP contribution in [0.25, 0.3) is 10.8 Å². The molecule has 0 bridgehead atoms. The number of nitrogens with two attached hydrogens (primary N) is 1. The van der Waals surface area contributed by atoms with Crippen molar-refractivity contribution in [3.05, 3.63) is 64.9 Å². The molecule has 4 heteroatoms. The minimum Gasteiger partial charge on any atom is -0.457 e. The summed E-state index contributed by atoms with van der Waals surface area (Å²) in [5.41, 5.74) is 6.39. The summed E-state index contributed by atoms with van der Waals surface area (Å²) in [4.78, 5) is 4.15. The van der Waals surface area contributed by atoms with Gasteiger partial charge in [-0.15, -0.1) is 0 Å². The summed E-state index contributed by atoms with van der Waals surface area (Å²) in [5.74, 6) is 1.55. The average molecular weight is 329 g/mol. The zero-order chi connectivity index (χ0) is 13.9. The molecule has 20 heavy (non-hydrogen) atoms. The minimum atomic E-state index is 0.406. The van der Waals surface area contributed by atoms with E-state index in [1.165, 1.54) is 5.39 Å². The molecule has 3 nitrogen and oxygen atoms in total. The second-order valence-corrected chi connectivity index (χ2v) is 5.36. The van der Waals surface area contributed by atoms with Crippen molar-refractivity contribution >= 4 is 26.7 Å². The van der Waals surface area contributed by atoms with Crippen LogP contribution in [0.3, 0.4) is 0 Å². The average Bonchev–Trinajstić information content (AvgIpc) is 2.47. The molecule has 3 aromatic rings. The fourth-order valence-electron chi connectivity index (χ4n) is 2.03. The van der Waals surface area contributed by atoms with Gasteiger partial charge in [-0.3, -0.25) is 4.98 Å². The van der Waals surface area contributed by atoms with Gasteiger partial charge in [0.15, 0.2) is 0 Å². The smallest absolute Gasteiger partial charge is 0.130 e. The van der Waals surface area contributed by atoms with E-state index in [-0.39, 0.29) is 0 Å². The van der Waals surface area contributed by atoms with E-state index in [1.54, 1.807) is 6.20 Å². The van der Waals surface area contributed by atoms with Gasteiger partial charge in [0.2, 0.25) is 0 Å². The van der Waals surface area contributed by atoms with Gasteiger partial charge in [0, 0.05) is 23.3 Å². The summed E-state index contributed by atoms with van der Waals surface area (Å²) in [6, 6.07) is 15.9. The zero-order valence-corrected chi connectivity index (χ0v) is 12.3. The van der Waals surface area contributed by atoms with Gasteiger partial charge in [0.25, 0.3) is 0 Å². The summed E-state index contributed by atoms with van der Waals surface area (Å²) in [7, 11) is 0. The highest BCUT2D eigenvalue weighted by molar-refractivity contribution is 9.10. The quantitative estimate of drug-likeness (QED) is 0.781. The highest BCUT2D eigenvalue weighted by atomic mass is 79.9. The number of rotatable bonds is 3. The standard InChI is InChI=1S/C16H13BrN2O/c17-13-3-1-12-8-15(4-2-11(12)7-13)20-16-5-6-19-14(9-16)10-18/h1-9H,10,18H2. The van der Waals surface area contributed by atoms with Crippen molar-refractivity contribution in [1.82, 2.24) is 4.98 Å². The first-order chi connectivity index (χ1) is 9.74. The monoisotopic (exact) mass is 328 g/mol. The number of hydrogen-bond acceptors (Lipinski definition) is 3. The van der Waals surface area contributed by atoms with Crippen LogP contribution in [0.5, 0.6) is 11.5 Å². The fraction of sp³-hybridized carbons (Fsp3) is 0.0625. The first-order valence-corrected chi connectivity index (χ1v) is 7.06. The topological polar surface area (TPSA) is 48.1 Å². The largest absolute Gasteiger partial charge is 0.457 e. The SMILES string of the molecule is NCc1cc(Oc2ccc3cc(Br)ccc3c2)ccn1. The fourth-order valence-corrected chi connectivity index (χ4v) is 2.40. The summed E-state index contributed by atoms with van der Waals surface area (Å²) in [6.07, 6.45) is 1.70. The molecule has 1 heterocycles. The number of ether oxygens (including phenoxy) is 1. The Morgan fingerprint density at radius 2 is 1.70 bits per heavy atom. The lowest BCUT2D eigenvalue weighted by Crippen LogP contribution is -1.99. The maximum atomic E-state index is 5.85. The lowest BCUT2D eigenvalue weighted by atomic mass is 10.1. The maximum absolute atomic E-state index is 5.85. The molecule has 2 N–H and O–H groups in total. The van der Waals surface area contributed by atoms with E-state index in [0.717, 1.165) is 27.1 Å². The molecule has 1 aromatic heterocycles. The Bertz CT molecular complexity index is 758. The highest BCUT2D eigenvalue weighted by Gasteiger charge is 2.01. The third-order valence-corrected chi connectivity index (χ3v) is 3.50. The Balaban J connectivity index is 1.92. The molecule has 0 radical (unpaired) electrons. The number of benzene rings is 2. The molecule has 0 unspecified atom stereocenters. The summed E-state index contributed by atoms with van der Waals surface area (Å²) in [6.45, 7) is 0.406. The van der Waals surface area contributed by atoms with Crippen LogP contribution in [0.2, 0.25) is 0 Å².